The summed E-state index contributed by atoms with van der Waals surface area (Å²) in [4.78, 5) is 1.12. The second kappa shape index (κ2) is 6.70. The summed E-state index contributed by atoms with van der Waals surface area (Å²) in [6.45, 7) is 2.95. The summed E-state index contributed by atoms with van der Waals surface area (Å²) in [5, 5.41) is 3.17. The fourth-order valence-corrected chi connectivity index (χ4v) is 6.31. The third kappa shape index (κ3) is 3.80. The fraction of sp³-hybridized carbons (Fsp3) is 0.692. The molecule has 0 saturated carbocycles. The Balaban J connectivity index is 2.26. The number of rotatable bonds is 5. The predicted octanol–water partition coefficient (Wildman–Crippen LogP) is 3.52. The molecule has 1 aromatic heterocycles. The summed E-state index contributed by atoms with van der Waals surface area (Å²) in [6, 6.07) is 3.98. The van der Waals surface area contributed by atoms with Gasteiger partial charge < -0.3 is 5.32 Å². The molecule has 2 rings (SSSR count). The minimum atomic E-state index is -2.96. The molecule has 3 nitrogen and oxygen atoms in total. The van der Waals surface area contributed by atoms with Crippen molar-refractivity contribution in [3.05, 3.63) is 20.8 Å². The van der Waals surface area contributed by atoms with Gasteiger partial charge in [0.1, 0.15) is 0 Å². The maximum atomic E-state index is 12.3. The normalized spacial score (nSPS) is 24.2. The third-order valence-electron chi connectivity index (χ3n) is 3.52. The van der Waals surface area contributed by atoms with Crippen LogP contribution in [0.1, 0.15) is 43.5 Å². The maximum Gasteiger partial charge on any atom is 0.155 e. The van der Waals surface area contributed by atoms with Crippen LogP contribution in [0.3, 0.4) is 0 Å². The smallest absolute Gasteiger partial charge is 0.155 e. The highest BCUT2D eigenvalue weighted by Gasteiger charge is 2.36. The second-order valence-corrected chi connectivity index (χ2v) is 9.81. The number of thiophene rings is 1. The minimum absolute atomic E-state index is 0.0541. The van der Waals surface area contributed by atoms with Crippen molar-refractivity contribution < 1.29 is 8.42 Å². The van der Waals surface area contributed by atoms with E-state index in [9.17, 15) is 8.42 Å². The van der Waals surface area contributed by atoms with Gasteiger partial charge in [0.05, 0.1) is 20.8 Å². The van der Waals surface area contributed by atoms with E-state index in [1.807, 2.05) is 12.1 Å². The minimum Gasteiger partial charge on any atom is -0.308 e. The van der Waals surface area contributed by atoms with Gasteiger partial charge in [0, 0.05) is 4.88 Å². The molecule has 1 fully saturated rings. The standard InChI is InChI=1S/C13H20BrNO2S2/c1-2-8-15-13(10-6-7-12(14)18-10)11-5-3-4-9-19(11,16)17/h6-7,11,13,15H,2-5,8-9H2,1H3. The van der Waals surface area contributed by atoms with E-state index in [1.165, 1.54) is 0 Å². The van der Waals surface area contributed by atoms with E-state index in [0.717, 1.165) is 40.9 Å². The van der Waals surface area contributed by atoms with Crippen LogP contribution < -0.4 is 5.32 Å². The molecule has 19 heavy (non-hydrogen) atoms. The van der Waals surface area contributed by atoms with Crippen molar-refractivity contribution in [2.45, 2.75) is 43.9 Å². The van der Waals surface area contributed by atoms with E-state index in [-0.39, 0.29) is 11.3 Å². The molecule has 1 aliphatic rings. The molecule has 0 bridgehead atoms. The van der Waals surface area contributed by atoms with E-state index < -0.39 is 9.84 Å². The molecule has 0 spiro atoms. The second-order valence-electron chi connectivity index (χ2n) is 4.97. The number of nitrogens with one attached hydrogen (secondary N) is 1. The van der Waals surface area contributed by atoms with Crippen molar-refractivity contribution in [3.63, 3.8) is 0 Å². The Morgan fingerprint density at radius 1 is 1.47 bits per heavy atom. The molecule has 1 N–H and O–H groups in total. The molecule has 2 atom stereocenters. The largest absolute Gasteiger partial charge is 0.308 e. The van der Waals surface area contributed by atoms with E-state index in [1.54, 1.807) is 11.3 Å². The highest BCUT2D eigenvalue weighted by Crippen LogP contribution is 2.35. The zero-order valence-electron chi connectivity index (χ0n) is 11.1. The summed E-state index contributed by atoms with van der Waals surface area (Å²) in [7, 11) is -2.96. The number of sulfone groups is 1. The van der Waals surface area contributed by atoms with Crippen LogP contribution in [-0.4, -0.2) is 26.0 Å². The maximum absolute atomic E-state index is 12.3. The van der Waals surface area contributed by atoms with Crippen molar-refractivity contribution in [1.82, 2.24) is 5.32 Å². The van der Waals surface area contributed by atoms with Crippen molar-refractivity contribution in [2.24, 2.45) is 0 Å². The van der Waals surface area contributed by atoms with Gasteiger partial charge in [-0.05, 0) is 53.9 Å². The molecule has 6 heteroatoms. The Morgan fingerprint density at radius 2 is 2.26 bits per heavy atom. The van der Waals surface area contributed by atoms with E-state index in [0.29, 0.717) is 5.75 Å². The van der Waals surface area contributed by atoms with Crippen LogP contribution in [0.2, 0.25) is 0 Å². The Kier molecular flexibility index (Phi) is 5.45. The Bertz CT molecular complexity index is 512. The summed E-state index contributed by atoms with van der Waals surface area (Å²) >= 11 is 5.09. The van der Waals surface area contributed by atoms with Crippen molar-refractivity contribution in [2.75, 3.05) is 12.3 Å². The zero-order valence-corrected chi connectivity index (χ0v) is 14.3. The summed E-state index contributed by atoms with van der Waals surface area (Å²) < 4.78 is 25.7. The molecule has 0 radical (unpaired) electrons. The fourth-order valence-electron chi connectivity index (χ4n) is 2.56. The van der Waals surface area contributed by atoms with E-state index in [2.05, 4.69) is 28.2 Å². The van der Waals surface area contributed by atoms with Gasteiger partial charge >= 0.3 is 0 Å². The monoisotopic (exact) mass is 365 g/mol. The Labute approximate surface area is 127 Å². The molecule has 2 unspecified atom stereocenters. The third-order valence-corrected chi connectivity index (χ3v) is 7.51. The van der Waals surface area contributed by atoms with E-state index >= 15 is 0 Å². The van der Waals surface area contributed by atoms with Crippen molar-refractivity contribution in [1.29, 1.82) is 0 Å². The first-order valence-electron chi connectivity index (χ1n) is 6.75. The van der Waals surface area contributed by atoms with Crippen LogP contribution in [-0.2, 0) is 9.84 Å². The molecular formula is C13H20BrNO2S2. The average Bonchev–Trinajstić information content (AvgIpc) is 2.78. The highest BCUT2D eigenvalue weighted by atomic mass is 79.9. The first-order valence-corrected chi connectivity index (χ1v) is 10.1. The van der Waals surface area contributed by atoms with Crippen LogP contribution in [0.4, 0.5) is 0 Å². The summed E-state index contributed by atoms with van der Waals surface area (Å²) in [6.07, 6.45) is 3.61. The molecule has 0 aliphatic carbocycles. The lowest BCUT2D eigenvalue weighted by Crippen LogP contribution is -2.40. The lowest BCUT2D eigenvalue weighted by atomic mass is 10.1. The van der Waals surface area contributed by atoms with Gasteiger partial charge in [-0.1, -0.05) is 13.3 Å². The van der Waals surface area contributed by atoms with Gasteiger partial charge in [0.15, 0.2) is 9.84 Å². The molecule has 1 aliphatic heterocycles. The summed E-state index contributed by atoms with van der Waals surface area (Å²) in [5.74, 6) is 0.342. The van der Waals surface area contributed by atoms with E-state index in [4.69, 9.17) is 0 Å². The molecule has 2 heterocycles. The topological polar surface area (TPSA) is 46.2 Å². The SMILES string of the molecule is CCCNC(c1ccc(Br)s1)C1CCCCS1(=O)=O. The quantitative estimate of drug-likeness (QED) is 0.867. The molecule has 0 amide bonds. The summed E-state index contributed by atoms with van der Waals surface area (Å²) in [5.41, 5.74) is 0. The Morgan fingerprint density at radius 3 is 2.84 bits per heavy atom. The first kappa shape index (κ1) is 15.5. The number of hydrogen-bond acceptors (Lipinski definition) is 4. The Hall–Kier alpha value is 0.0900. The first-order chi connectivity index (χ1) is 9.04. The van der Waals surface area contributed by atoms with Crippen LogP contribution in [0.15, 0.2) is 15.9 Å². The molecule has 108 valence electrons. The van der Waals surface area contributed by atoms with Crippen LogP contribution in [0.25, 0.3) is 0 Å². The van der Waals surface area contributed by atoms with Gasteiger partial charge in [-0.25, -0.2) is 8.42 Å². The number of halogens is 1. The number of hydrogen-bond donors (Lipinski definition) is 1. The molecular weight excluding hydrogens is 346 g/mol. The van der Waals surface area contributed by atoms with Crippen LogP contribution >= 0.6 is 27.3 Å². The highest BCUT2D eigenvalue weighted by molar-refractivity contribution is 9.11. The zero-order chi connectivity index (χ0) is 13.9. The molecule has 1 aromatic rings. The van der Waals surface area contributed by atoms with Crippen molar-refractivity contribution >= 4 is 37.1 Å². The predicted molar refractivity (Wildman–Crippen MR) is 84.5 cm³/mol. The van der Waals surface area contributed by atoms with Gasteiger partial charge in [-0.15, -0.1) is 11.3 Å². The van der Waals surface area contributed by atoms with Crippen molar-refractivity contribution in [3.8, 4) is 0 Å². The molecule has 1 saturated heterocycles. The lowest BCUT2D eigenvalue weighted by molar-refractivity contribution is 0.451. The lowest BCUT2D eigenvalue weighted by Gasteiger charge is -2.30. The van der Waals surface area contributed by atoms with Crippen LogP contribution in [0.5, 0.6) is 0 Å². The average molecular weight is 366 g/mol. The molecule has 0 aromatic carbocycles. The van der Waals surface area contributed by atoms with Crippen LogP contribution in [0, 0.1) is 0 Å². The van der Waals surface area contributed by atoms with Gasteiger partial charge in [0.2, 0.25) is 0 Å². The van der Waals surface area contributed by atoms with Gasteiger partial charge in [0.25, 0.3) is 0 Å². The van der Waals surface area contributed by atoms with Gasteiger partial charge in [-0.2, -0.15) is 0 Å². The van der Waals surface area contributed by atoms with Gasteiger partial charge in [-0.3, -0.25) is 0 Å².